The molecule has 26 heteroatoms. The lowest BCUT2D eigenvalue weighted by atomic mass is 10.3. The Hall–Kier alpha value is 7.54. The zero-order chi connectivity index (χ0) is 25.5. The van der Waals surface area contributed by atoms with Crippen LogP contribution in [0.25, 0.3) is 12.2 Å². The summed E-state index contributed by atoms with van der Waals surface area (Å²) in [6, 6.07) is 4.43. The number of hydrogen-bond donors (Lipinski definition) is 2. The van der Waals surface area contributed by atoms with E-state index in [4.69, 9.17) is 0 Å². The predicted molar refractivity (Wildman–Crippen MR) is 239 cm³/mol. The first-order valence-electron chi connectivity index (χ1n) is 7.64. The largest absolute Gasteiger partial charge is 0.143 e. The van der Waals surface area contributed by atoms with Gasteiger partial charge in [0, 0.05) is 19.5 Å². The molecule has 36 heavy (non-hydrogen) atoms. The van der Waals surface area contributed by atoms with E-state index in [1.165, 1.54) is 39.2 Å². The zero-order valence-electron chi connectivity index (χ0n) is 16.2. The van der Waals surface area contributed by atoms with Crippen molar-refractivity contribution < 1.29 is 0 Å². The molecular weight excluding hydrogens is 954 g/mol. The maximum Gasteiger partial charge on any atom is 0.0415 e. The summed E-state index contributed by atoms with van der Waals surface area (Å²) in [5, 5.41) is 4.35. The lowest BCUT2D eigenvalue weighted by molar-refractivity contribution is 1.56. The molecule has 2 rings (SSSR count). The molecule has 2 heterocycles. The van der Waals surface area contributed by atoms with Crippen LogP contribution in [0.15, 0.2) is 32.7 Å². The van der Waals surface area contributed by atoms with Crippen molar-refractivity contribution in [3.63, 3.8) is 0 Å². The number of thiophene rings is 2. The van der Waals surface area contributed by atoms with E-state index in [9.17, 15) is 0 Å². The van der Waals surface area contributed by atoms with Crippen LogP contribution in [0.4, 0.5) is 0 Å². The fourth-order valence-corrected chi connectivity index (χ4v) is 53.8. The highest BCUT2D eigenvalue weighted by molar-refractivity contribution is 9.55. The van der Waals surface area contributed by atoms with E-state index in [0.29, 0.717) is 0 Å². The molecule has 0 unspecified atom stereocenters. The third-order valence-corrected chi connectivity index (χ3v) is 48.8. The first-order valence-corrected chi connectivity index (χ1v) is 39.8. The van der Waals surface area contributed by atoms with E-state index in [2.05, 4.69) is 58.4 Å². The molecule has 2 aromatic rings. The monoisotopic (exact) mass is 959 g/mol. The van der Waals surface area contributed by atoms with Crippen LogP contribution in [-0.4, -0.2) is 0 Å². The van der Waals surface area contributed by atoms with Crippen molar-refractivity contribution >= 4 is 276 Å². The molecule has 0 aliphatic carbocycles. The van der Waals surface area contributed by atoms with Crippen molar-refractivity contribution in [2.45, 2.75) is 9.79 Å². The van der Waals surface area contributed by atoms with Gasteiger partial charge in [0.05, 0.1) is 0 Å². The van der Waals surface area contributed by atoms with Gasteiger partial charge in [0.25, 0.3) is 0 Å². The van der Waals surface area contributed by atoms with Gasteiger partial charge in [-0.2, -0.15) is 0 Å². The highest BCUT2D eigenvalue weighted by Gasteiger charge is 2.07. The standard InChI is InChI=1S/C10H8S26/c11-17-21-25-29-33-35-31-27-23-19-15-9-3-5-13-7(9)1-2-8-10(4-6-14-8)16-20-24-28-32-36-34-30-26-22-18-12/h1-6,11-12H/b2-1+. The lowest BCUT2D eigenvalue weighted by Gasteiger charge is -2.00. The minimum atomic E-state index is 1.32. The fraction of sp³-hybridized carbons (Fsp3) is 0. The first kappa shape index (κ1) is 39.7. The van der Waals surface area contributed by atoms with Crippen LogP contribution in [0.1, 0.15) is 9.75 Å². The van der Waals surface area contributed by atoms with E-state index >= 15 is 0 Å². The van der Waals surface area contributed by atoms with E-state index in [-0.39, 0.29) is 0 Å². The molecule has 0 nitrogen and oxygen atoms in total. The molecule has 2 aromatic heterocycles. The summed E-state index contributed by atoms with van der Waals surface area (Å²) in [5.41, 5.74) is 0. The molecule has 0 amide bonds. The quantitative estimate of drug-likeness (QED) is 0.0582. The Balaban J connectivity index is 1.59. The Morgan fingerprint density at radius 1 is 0.444 bits per heavy atom. The molecule has 0 saturated carbocycles. The molecule has 0 aliphatic heterocycles. The summed E-state index contributed by atoms with van der Waals surface area (Å²) in [5.74, 6) is 0. The molecule has 0 radical (unpaired) electrons. The van der Waals surface area contributed by atoms with Gasteiger partial charge in [-0.05, 0) is 253 Å². The molecule has 0 N–H and O–H groups in total. The van der Waals surface area contributed by atoms with Gasteiger partial charge in [0.2, 0.25) is 0 Å². The van der Waals surface area contributed by atoms with E-state index < -0.39 is 0 Å². The number of rotatable bonds is 24. The summed E-state index contributed by atoms with van der Waals surface area (Å²) in [7, 11) is 38.7. The second-order valence-corrected chi connectivity index (χ2v) is 44.0. The second-order valence-electron chi connectivity index (χ2n) is 4.17. The van der Waals surface area contributed by atoms with Gasteiger partial charge < -0.3 is 0 Å². The third kappa shape index (κ3) is 21.4. The van der Waals surface area contributed by atoms with Crippen molar-refractivity contribution in [3.8, 4) is 0 Å². The van der Waals surface area contributed by atoms with Crippen LogP contribution in [-0.2, 0) is 0 Å². The molecule has 0 spiro atoms. The van der Waals surface area contributed by atoms with Gasteiger partial charge in [-0.3, -0.25) is 0 Å². The minimum Gasteiger partial charge on any atom is -0.143 e. The predicted octanol–water partition coefficient (Wildman–Crippen LogP) is 18.8. The first-order chi connectivity index (χ1) is 17.8. The zero-order valence-corrected chi connectivity index (χ0v) is 37.5. The lowest BCUT2D eigenvalue weighted by Crippen LogP contribution is -1.68. The fourth-order valence-electron chi connectivity index (χ4n) is 1.44. The van der Waals surface area contributed by atoms with Gasteiger partial charge in [-0.15, -0.1) is 22.7 Å². The van der Waals surface area contributed by atoms with Crippen LogP contribution in [0.5, 0.6) is 0 Å². The van der Waals surface area contributed by atoms with Crippen LogP contribution >= 0.6 is 264 Å². The van der Waals surface area contributed by atoms with E-state index in [1.807, 2.05) is 100 Å². The summed E-state index contributed by atoms with van der Waals surface area (Å²) >= 11 is 11.8. The molecule has 204 valence electrons. The summed E-state index contributed by atoms with van der Waals surface area (Å²) < 4.78 is 0. The molecule has 0 aromatic carbocycles. The maximum absolute atomic E-state index is 4.10. The topological polar surface area (TPSA) is 0 Å². The Morgan fingerprint density at radius 3 is 1.08 bits per heavy atom. The minimum absolute atomic E-state index is 1.32. The molecule has 0 aliphatic rings. The maximum atomic E-state index is 4.10. The normalized spacial score (nSPS) is 11.7. The van der Waals surface area contributed by atoms with Crippen molar-refractivity contribution in [3.05, 3.63) is 32.6 Å². The van der Waals surface area contributed by atoms with Crippen molar-refractivity contribution in [2.24, 2.45) is 0 Å². The van der Waals surface area contributed by atoms with Gasteiger partial charge in [-0.25, -0.2) is 0 Å². The average Bonchev–Trinajstić information content (AvgIpc) is 3.54. The molecule has 0 saturated heterocycles. The van der Waals surface area contributed by atoms with Gasteiger partial charge >= 0.3 is 0 Å². The second kappa shape index (κ2) is 29.9. The van der Waals surface area contributed by atoms with Crippen LogP contribution in [0.2, 0.25) is 0 Å². The van der Waals surface area contributed by atoms with E-state index in [1.54, 1.807) is 121 Å². The molecule has 0 atom stereocenters. The Morgan fingerprint density at radius 2 is 0.750 bits per heavy atom. The molecule has 0 fully saturated rings. The van der Waals surface area contributed by atoms with Crippen molar-refractivity contribution in [2.75, 3.05) is 0 Å². The third-order valence-electron chi connectivity index (χ3n) is 2.45. The highest BCUT2D eigenvalue weighted by Crippen LogP contribution is 2.63. The average molecular weight is 962 g/mol. The molecule has 0 bridgehead atoms. The SMILES string of the molecule is SSSSSSSSSSSSc1ccsc1/C=C/c1sccc1SSSSSSSSSSSS. The van der Waals surface area contributed by atoms with Crippen molar-refractivity contribution in [1.82, 2.24) is 0 Å². The smallest absolute Gasteiger partial charge is 0.0415 e. The summed E-state index contributed by atoms with van der Waals surface area (Å²) in [6.45, 7) is 0. The van der Waals surface area contributed by atoms with Crippen LogP contribution < -0.4 is 0 Å². The highest BCUT2D eigenvalue weighted by atomic mass is 34.0. The van der Waals surface area contributed by atoms with Gasteiger partial charge in [0.15, 0.2) is 0 Å². The van der Waals surface area contributed by atoms with Crippen LogP contribution in [0, 0.1) is 0 Å². The Labute approximate surface area is 312 Å². The number of thiol groups is 2. The summed E-state index contributed by atoms with van der Waals surface area (Å²) in [4.78, 5) is 5.29. The van der Waals surface area contributed by atoms with Crippen molar-refractivity contribution in [1.29, 1.82) is 0 Å². The molecular formula is C10H8S26. The van der Waals surface area contributed by atoms with Crippen LogP contribution in [0.3, 0.4) is 0 Å². The Kier molecular flexibility index (Phi) is 33.0. The summed E-state index contributed by atoms with van der Waals surface area (Å²) in [6.07, 6.45) is 4.52. The number of hydrogen-bond acceptors (Lipinski definition) is 26. The van der Waals surface area contributed by atoms with E-state index in [0.717, 1.165) is 0 Å². The Bertz CT molecular complexity index is 721. The van der Waals surface area contributed by atoms with Gasteiger partial charge in [0.1, 0.15) is 0 Å². The van der Waals surface area contributed by atoms with Gasteiger partial charge in [-0.1, -0.05) is 23.3 Å².